The Kier molecular flexibility index (Phi) is 5.88. The van der Waals surface area contributed by atoms with E-state index in [1.807, 2.05) is 66.7 Å². The molecule has 0 aliphatic carbocycles. The molecule has 1 aromatic heterocycles. The molecule has 0 amide bonds. The molecular formula is C24H20FN3O. The fourth-order valence-electron chi connectivity index (χ4n) is 3.09. The van der Waals surface area contributed by atoms with E-state index in [2.05, 4.69) is 10.1 Å². The zero-order chi connectivity index (χ0) is 19.9. The number of rotatable bonds is 7. The number of benzene rings is 3. The van der Waals surface area contributed by atoms with Gasteiger partial charge in [0.05, 0.1) is 12.3 Å². The molecule has 4 nitrogen and oxygen atoms in total. The molecule has 1 unspecified atom stereocenters. The van der Waals surface area contributed by atoms with Crippen molar-refractivity contribution in [1.29, 1.82) is 0 Å². The fraction of sp³-hybridized carbons (Fsp3) is 0.0833. The van der Waals surface area contributed by atoms with Gasteiger partial charge in [0.25, 0.3) is 0 Å². The number of hydrogen-bond donors (Lipinski definition) is 0. The summed E-state index contributed by atoms with van der Waals surface area (Å²) in [6, 6.07) is 26.4. The molecule has 0 bridgehead atoms. The van der Waals surface area contributed by atoms with Crippen molar-refractivity contribution in [2.45, 2.75) is 12.7 Å². The molecule has 0 spiro atoms. The molecule has 0 aliphatic rings. The largest absolute Gasteiger partial charge is 0.362 e. The lowest BCUT2D eigenvalue weighted by Gasteiger charge is -2.22. The quantitative estimate of drug-likeness (QED) is 0.429. The Bertz CT molecular complexity index is 1060. The molecule has 1 atom stereocenters. The summed E-state index contributed by atoms with van der Waals surface area (Å²) in [5, 5.41) is 4.31. The van der Waals surface area contributed by atoms with Crippen molar-refractivity contribution in [2.75, 3.05) is 0 Å². The summed E-state index contributed by atoms with van der Waals surface area (Å²) in [5.41, 5.74) is 3.25. The van der Waals surface area contributed by atoms with E-state index in [-0.39, 0.29) is 12.4 Å². The van der Waals surface area contributed by atoms with Gasteiger partial charge in [-0.2, -0.15) is 5.10 Å². The maximum absolute atomic E-state index is 14.1. The van der Waals surface area contributed by atoms with Crippen LogP contribution in [-0.2, 0) is 11.3 Å². The van der Waals surface area contributed by atoms with Crippen LogP contribution in [0.2, 0.25) is 0 Å². The summed E-state index contributed by atoms with van der Waals surface area (Å²) < 4.78 is 22.1. The Morgan fingerprint density at radius 1 is 0.931 bits per heavy atom. The first-order chi connectivity index (χ1) is 14.3. The van der Waals surface area contributed by atoms with Gasteiger partial charge in [-0.05, 0) is 23.3 Å². The van der Waals surface area contributed by atoms with Gasteiger partial charge in [-0.25, -0.2) is 14.1 Å². The summed E-state index contributed by atoms with van der Waals surface area (Å²) in [7, 11) is 0. The van der Waals surface area contributed by atoms with E-state index >= 15 is 0 Å². The van der Waals surface area contributed by atoms with Gasteiger partial charge in [-0.1, -0.05) is 78.9 Å². The van der Waals surface area contributed by atoms with Gasteiger partial charge in [0, 0.05) is 5.56 Å². The topological polar surface area (TPSA) is 39.9 Å². The minimum Gasteiger partial charge on any atom is -0.362 e. The summed E-state index contributed by atoms with van der Waals surface area (Å²) in [6.45, 7) is 0.132. The highest BCUT2D eigenvalue weighted by Crippen LogP contribution is 2.31. The number of hydrogen-bond acceptors (Lipinski definition) is 3. The predicted octanol–water partition coefficient (Wildman–Crippen LogP) is 5.37. The molecule has 3 aromatic carbocycles. The van der Waals surface area contributed by atoms with Crippen LogP contribution in [0.15, 0.2) is 97.6 Å². The minimum absolute atomic E-state index is 0.132. The SMILES string of the molecule is Fc1ccccc1COC(/C(=C\c1ccccc1)n1cncn1)c1ccccc1. The van der Waals surface area contributed by atoms with Crippen LogP contribution in [-0.4, -0.2) is 14.8 Å². The average molecular weight is 385 g/mol. The molecule has 29 heavy (non-hydrogen) atoms. The molecule has 0 aliphatic heterocycles. The second-order valence-corrected chi connectivity index (χ2v) is 6.51. The monoisotopic (exact) mass is 385 g/mol. The molecule has 5 heteroatoms. The molecule has 1 heterocycles. The van der Waals surface area contributed by atoms with E-state index in [1.54, 1.807) is 29.2 Å². The molecule has 4 aromatic rings. The number of aromatic nitrogens is 3. The second kappa shape index (κ2) is 9.08. The second-order valence-electron chi connectivity index (χ2n) is 6.51. The maximum Gasteiger partial charge on any atom is 0.138 e. The van der Waals surface area contributed by atoms with Crippen molar-refractivity contribution in [3.05, 3.63) is 120 Å². The highest BCUT2D eigenvalue weighted by molar-refractivity contribution is 5.73. The predicted molar refractivity (Wildman–Crippen MR) is 111 cm³/mol. The van der Waals surface area contributed by atoms with Crippen LogP contribution in [0, 0.1) is 5.82 Å². The summed E-state index contributed by atoms with van der Waals surface area (Å²) >= 11 is 0. The lowest BCUT2D eigenvalue weighted by atomic mass is 10.0. The Labute approximate surface area is 168 Å². The normalized spacial score (nSPS) is 12.7. The standard InChI is InChI=1S/C24H20FN3O/c25-22-14-8-7-13-21(22)16-29-24(20-11-5-2-6-12-20)23(28-18-26-17-27-28)15-19-9-3-1-4-10-19/h1-15,17-18,24H,16H2/b23-15+. The third kappa shape index (κ3) is 4.65. The van der Waals surface area contributed by atoms with Gasteiger partial charge in [0.1, 0.15) is 24.6 Å². The third-order valence-corrected chi connectivity index (χ3v) is 4.53. The van der Waals surface area contributed by atoms with Crippen LogP contribution >= 0.6 is 0 Å². The molecular weight excluding hydrogens is 365 g/mol. The lowest BCUT2D eigenvalue weighted by molar-refractivity contribution is 0.0728. The van der Waals surface area contributed by atoms with Crippen molar-refractivity contribution in [1.82, 2.24) is 14.8 Å². The van der Waals surface area contributed by atoms with E-state index in [1.165, 1.54) is 12.4 Å². The minimum atomic E-state index is -0.460. The van der Waals surface area contributed by atoms with E-state index in [4.69, 9.17) is 4.74 Å². The van der Waals surface area contributed by atoms with Gasteiger partial charge >= 0.3 is 0 Å². The fourth-order valence-corrected chi connectivity index (χ4v) is 3.09. The highest BCUT2D eigenvalue weighted by atomic mass is 19.1. The summed E-state index contributed by atoms with van der Waals surface area (Å²) in [5.74, 6) is -0.284. The van der Waals surface area contributed by atoms with Crippen molar-refractivity contribution in [3.63, 3.8) is 0 Å². The van der Waals surface area contributed by atoms with Crippen LogP contribution in [0.25, 0.3) is 11.8 Å². The average Bonchev–Trinajstić information content (AvgIpc) is 3.30. The molecule has 144 valence electrons. The van der Waals surface area contributed by atoms with Gasteiger partial charge in [-0.3, -0.25) is 0 Å². The van der Waals surface area contributed by atoms with Gasteiger partial charge < -0.3 is 4.74 Å². The molecule has 0 saturated heterocycles. The zero-order valence-corrected chi connectivity index (χ0v) is 15.7. The van der Waals surface area contributed by atoms with Crippen LogP contribution in [0.4, 0.5) is 4.39 Å². The van der Waals surface area contributed by atoms with Crippen molar-refractivity contribution >= 4 is 11.8 Å². The van der Waals surface area contributed by atoms with Gasteiger partial charge in [0.2, 0.25) is 0 Å². The molecule has 0 saturated carbocycles. The Morgan fingerprint density at radius 3 is 2.31 bits per heavy atom. The van der Waals surface area contributed by atoms with Gasteiger partial charge in [-0.15, -0.1) is 0 Å². The van der Waals surface area contributed by atoms with E-state index in [0.717, 1.165) is 16.8 Å². The summed E-state index contributed by atoms with van der Waals surface area (Å²) in [4.78, 5) is 4.09. The third-order valence-electron chi connectivity index (χ3n) is 4.53. The van der Waals surface area contributed by atoms with Crippen molar-refractivity contribution in [2.24, 2.45) is 0 Å². The van der Waals surface area contributed by atoms with E-state index in [0.29, 0.717) is 5.56 Å². The molecule has 0 fully saturated rings. The van der Waals surface area contributed by atoms with Crippen LogP contribution in [0.1, 0.15) is 22.8 Å². The van der Waals surface area contributed by atoms with Crippen LogP contribution in [0.5, 0.6) is 0 Å². The Hall–Kier alpha value is -3.57. The Morgan fingerprint density at radius 2 is 1.62 bits per heavy atom. The molecule has 4 rings (SSSR count). The summed E-state index contributed by atoms with van der Waals surface area (Å²) in [6.07, 6.45) is 4.67. The first-order valence-corrected chi connectivity index (χ1v) is 9.33. The maximum atomic E-state index is 14.1. The molecule has 0 N–H and O–H groups in total. The van der Waals surface area contributed by atoms with E-state index in [9.17, 15) is 4.39 Å². The number of halogens is 1. The van der Waals surface area contributed by atoms with Crippen LogP contribution < -0.4 is 0 Å². The van der Waals surface area contributed by atoms with Crippen molar-refractivity contribution < 1.29 is 9.13 Å². The molecule has 0 radical (unpaired) electrons. The Balaban J connectivity index is 1.75. The van der Waals surface area contributed by atoms with E-state index < -0.39 is 6.10 Å². The number of nitrogens with zero attached hydrogens (tertiary/aromatic N) is 3. The van der Waals surface area contributed by atoms with Crippen LogP contribution in [0.3, 0.4) is 0 Å². The smallest absolute Gasteiger partial charge is 0.138 e. The highest BCUT2D eigenvalue weighted by Gasteiger charge is 2.21. The number of ether oxygens (including phenoxy) is 1. The van der Waals surface area contributed by atoms with Crippen molar-refractivity contribution in [3.8, 4) is 0 Å². The zero-order valence-electron chi connectivity index (χ0n) is 15.7. The first kappa shape index (κ1) is 18.8. The first-order valence-electron chi connectivity index (χ1n) is 9.33. The van der Waals surface area contributed by atoms with Gasteiger partial charge in [0.15, 0.2) is 0 Å². The lowest BCUT2D eigenvalue weighted by Crippen LogP contribution is -2.13.